The number of hydrogen-bond donors (Lipinski definition) is 0. The van der Waals surface area contributed by atoms with Gasteiger partial charge in [0.25, 0.3) is 0 Å². The summed E-state index contributed by atoms with van der Waals surface area (Å²) in [5.41, 5.74) is 2.10. The Labute approximate surface area is 124 Å². The molecule has 0 aliphatic carbocycles. The summed E-state index contributed by atoms with van der Waals surface area (Å²) in [5, 5.41) is 4.06. The second kappa shape index (κ2) is 4.90. The summed E-state index contributed by atoms with van der Waals surface area (Å²) in [5.74, 6) is 0. The number of urea groups is 1. The zero-order valence-corrected chi connectivity index (χ0v) is 11.7. The number of amides is 2. The van der Waals surface area contributed by atoms with Crippen LogP contribution in [0, 0.1) is 0 Å². The van der Waals surface area contributed by atoms with Gasteiger partial charge in [-0.25, -0.2) is 4.79 Å². The van der Waals surface area contributed by atoms with Gasteiger partial charge in [0.2, 0.25) is 0 Å². The maximum atomic E-state index is 12.8. The molecule has 2 fully saturated rings. The Hall–Kier alpha value is -2.33. The van der Waals surface area contributed by atoms with Crippen molar-refractivity contribution in [1.29, 1.82) is 0 Å². The first-order valence-corrected chi connectivity index (χ1v) is 7.33. The molecule has 0 spiro atoms. The first-order valence-electron chi connectivity index (χ1n) is 7.33. The summed E-state index contributed by atoms with van der Waals surface area (Å²) >= 11 is 0. The lowest BCUT2D eigenvalue weighted by Crippen LogP contribution is -2.32. The fourth-order valence-electron chi connectivity index (χ4n) is 3.24. The van der Waals surface area contributed by atoms with Crippen LogP contribution in [0.3, 0.4) is 0 Å². The Morgan fingerprint density at radius 3 is 2.24 bits per heavy atom. The molecular weight excluding hydrogens is 262 g/mol. The van der Waals surface area contributed by atoms with Crippen LogP contribution in [0.1, 0.15) is 18.2 Å². The minimum atomic E-state index is -0.0383. The Kier molecular flexibility index (Phi) is 2.89. The maximum absolute atomic E-state index is 12.8. The van der Waals surface area contributed by atoms with E-state index in [0.717, 1.165) is 30.8 Å². The molecule has 21 heavy (non-hydrogen) atoms. The van der Waals surface area contributed by atoms with Gasteiger partial charge in [-0.05, 0) is 24.1 Å². The van der Waals surface area contributed by atoms with Crippen molar-refractivity contribution in [2.75, 3.05) is 18.0 Å². The van der Waals surface area contributed by atoms with Gasteiger partial charge in [-0.1, -0.05) is 48.5 Å². The molecular formula is C17H17N3O. The number of hydrazine groups is 1. The Morgan fingerprint density at radius 2 is 1.52 bits per heavy atom. The van der Waals surface area contributed by atoms with Crippen LogP contribution in [-0.2, 0) is 0 Å². The van der Waals surface area contributed by atoms with Gasteiger partial charge in [-0.3, -0.25) is 9.91 Å². The van der Waals surface area contributed by atoms with Crippen LogP contribution in [0.25, 0.3) is 0 Å². The predicted molar refractivity (Wildman–Crippen MR) is 81.5 cm³/mol. The fraction of sp³-hybridized carbons (Fsp3) is 0.235. The van der Waals surface area contributed by atoms with Crippen molar-refractivity contribution in [2.24, 2.45) is 0 Å². The van der Waals surface area contributed by atoms with E-state index in [1.165, 1.54) is 0 Å². The summed E-state index contributed by atoms with van der Waals surface area (Å²) in [4.78, 5) is 14.7. The fourth-order valence-corrected chi connectivity index (χ4v) is 3.24. The Morgan fingerprint density at radius 1 is 0.857 bits per heavy atom. The highest BCUT2D eigenvalue weighted by Gasteiger charge is 2.47. The number of rotatable bonds is 2. The lowest BCUT2D eigenvalue weighted by Gasteiger charge is -2.27. The van der Waals surface area contributed by atoms with E-state index in [0.29, 0.717) is 0 Å². The minimum absolute atomic E-state index is 0.0383. The van der Waals surface area contributed by atoms with Crippen molar-refractivity contribution in [2.45, 2.75) is 12.6 Å². The van der Waals surface area contributed by atoms with Crippen molar-refractivity contribution in [3.05, 3.63) is 66.2 Å². The molecule has 4 heteroatoms. The monoisotopic (exact) mass is 279 g/mol. The quantitative estimate of drug-likeness (QED) is 0.843. The molecule has 4 rings (SSSR count). The molecule has 2 amide bonds. The predicted octanol–water partition coefficient (Wildman–Crippen LogP) is 3.25. The highest BCUT2D eigenvalue weighted by Crippen LogP contribution is 2.39. The van der Waals surface area contributed by atoms with Crippen LogP contribution in [0.15, 0.2) is 60.7 Å². The van der Waals surface area contributed by atoms with Gasteiger partial charge in [0, 0.05) is 18.8 Å². The molecule has 0 radical (unpaired) electrons. The van der Waals surface area contributed by atoms with E-state index in [-0.39, 0.29) is 12.2 Å². The first-order chi connectivity index (χ1) is 10.4. The largest absolute Gasteiger partial charge is 0.340 e. The van der Waals surface area contributed by atoms with Gasteiger partial charge in [0.1, 0.15) is 6.17 Å². The molecule has 0 bridgehead atoms. The second-order valence-electron chi connectivity index (χ2n) is 5.41. The average Bonchev–Trinajstić information content (AvgIpc) is 3.11. The number of nitrogens with zero attached hydrogens (tertiary/aromatic N) is 3. The van der Waals surface area contributed by atoms with Crippen molar-refractivity contribution >= 4 is 11.7 Å². The molecule has 2 aliphatic rings. The minimum Gasteiger partial charge on any atom is -0.271 e. The third-order valence-electron chi connectivity index (χ3n) is 4.15. The number of anilines is 1. The van der Waals surface area contributed by atoms with Gasteiger partial charge < -0.3 is 0 Å². The lowest BCUT2D eigenvalue weighted by molar-refractivity contribution is 0.0728. The van der Waals surface area contributed by atoms with Crippen LogP contribution in [0.4, 0.5) is 10.5 Å². The molecule has 1 atom stereocenters. The van der Waals surface area contributed by atoms with E-state index >= 15 is 0 Å². The van der Waals surface area contributed by atoms with Crippen LogP contribution in [0.5, 0.6) is 0 Å². The third-order valence-corrected chi connectivity index (χ3v) is 4.15. The summed E-state index contributed by atoms with van der Waals surface area (Å²) < 4.78 is 0. The van der Waals surface area contributed by atoms with E-state index in [1.54, 1.807) is 0 Å². The highest BCUT2D eigenvalue weighted by molar-refractivity contribution is 5.94. The highest BCUT2D eigenvalue weighted by atomic mass is 16.2. The maximum Gasteiger partial charge on any atom is 0.340 e. The molecule has 4 nitrogen and oxygen atoms in total. The molecule has 2 aromatic carbocycles. The molecule has 2 aliphatic heterocycles. The van der Waals surface area contributed by atoms with Crippen molar-refractivity contribution < 1.29 is 4.79 Å². The molecule has 2 aromatic rings. The summed E-state index contributed by atoms with van der Waals surface area (Å²) in [6.07, 6.45) is 1.00. The Bertz CT molecular complexity index is 644. The molecule has 2 saturated heterocycles. The van der Waals surface area contributed by atoms with E-state index in [2.05, 4.69) is 17.1 Å². The topological polar surface area (TPSA) is 26.8 Å². The van der Waals surface area contributed by atoms with E-state index < -0.39 is 0 Å². The van der Waals surface area contributed by atoms with Crippen LogP contribution < -0.4 is 4.90 Å². The standard InChI is InChI=1S/C17H17N3O/c21-17-19-13-7-12-18(19)16(14-8-3-1-4-9-14)20(17)15-10-5-2-6-11-15/h1-6,8-11,16H,7,12-13H2/t16-/m0/s1. The number of fused-ring (bicyclic) bond motifs is 1. The average molecular weight is 279 g/mol. The number of hydrogen-bond acceptors (Lipinski definition) is 2. The number of benzene rings is 2. The Balaban J connectivity index is 1.81. The van der Waals surface area contributed by atoms with Crippen LogP contribution in [0.2, 0.25) is 0 Å². The molecule has 106 valence electrons. The smallest absolute Gasteiger partial charge is 0.271 e. The van der Waals surface area contributed by atoms with E-state index in [9.17, 15) is 4.79 Å². The summed E-state index contributed by atoms with van der Waals surface area (Å²) in [6.45, 7) is 1.74. The van der Waals surface area contributed by atoms with E-state index in [1.807, 2.05) is 58.4 Å². The van der Waals surface area contributed by atoms with Crippen LogP contribution in [-0.4, -0.2) is 29.1 Å². The van der Waals surface area contributed by atoms with Crippen molar-refractivity contribution in [1.82, 2.24) is 10.0 Å². The van der Waals surface area contributed by atoms with Gasteiger partial charge in [0.15, 0.2) is 0 Å². The summed E-state index contributed by atoms with van der Waals surface area (Å²) in [6, 6.07) is 20.3. The molecule has 0 unspecified atom stereocenters. The zero-order valence-electron chi connectivity index (χ0n) is 11.7. The van der Waals surface area contributed by atoms with Gasteiger partial charge in [-0.15, -0.1) is 0 Å². The first kappa shape index (κ1) is 12.4. The van der Waals surface area contributed by atoms with Gasteiger partial charge in [0.05, 0.1) is 0 Å². The molecule has 2 heterocycles. The zero-order chi connectivity index (χ0) is 14.2. The number of carbonyl (C=O) groups is 1. The lowest BCUT2D eigenvalue weighted by atomic mass is 10.1. The molecule has 0 N–H and O–H groups in total. The van der Waals surface area contributed by atoms with Gasteiger partial charge >= 0.3 is 6.03 Å². The SMILES string of the molecule is O=C1N(c2ccccc2)[C@@H](c2ccccc2)N2CCCN12. The van der Waals surface area contributed by atoms with Crippen molar-refractivity contribution in [3.63, 3.8) is 0 Å². The third kappa shape index (κ3) is 1.91. The van der Waals surface area contributed by atoms with E-state index in [4.69, 9.17) is 0 Å². The van der Waals surface area contributed by atoms with Gasteiger partial charge in [-0.2, -0.15) is 5.01 Å². The molecule has 0 saturated carbocycles. The summed E-state index contributed by atoms with van der Waals surface area (Å²) in [7, 11) is 0. The van der Waals surface area contributed by atoms with Crippen molar-refractivity contribution in [3.8, 4) is 0 Å². The van der Waals surface area contributed by atoms with Crippen LogP contribution >= 0.6 is 0 Å². The number of para-hydroxylation sites is 1. The molecule has 0 aromatic heterocycles. The normalized spacial score (nSPS) is 21.9. The number of carbonyl (C=O) groups excluding carboxylic acids is 1. The second-order valence-corrected chi connectivity index (χ2v) is 5.41.